The van der Waals surface area contributed by atoms with Gasteiger partial charge in [0, 0.05) is 22.3 Å². The van der Waals surface area contributed by atoms with Crippen LogP contribution in [0.4, 0.5) is 0 Å². The summed E-state index contributed by atoms with van der Waals surface area (Å²) in [6.07, 6.45) is 6.00. The van der Waals surface area contributed by atoms with Crippen molar-refractivity contribution in [1.29, 1.82) is 0 Å². The molecule has 0 radical (unpaired) electrons. The second kappa shape index (κ2) is 6.64. The summed E-state index contributed by atoms with van der Waals surface area (Å²) in [5, 5.41) is 9.90. The Morgan fingerprint density at radius 3 is 2.56 bits per heavy atom. The molecule has 1 aliphatic carbocycles. The molecule has 5 heteroatoms. The SMILES string of the molecule is COC1=C(C)C(=O)c2ccc3c(c2C1=O)C=CC(C)(CCCC(C)(C)O)O3. The van der Waals surface area contributed by atoms with Crippen LogP contribution in [0.5, 0.6) is 5.75 Å². The van der Waals surface area contributed by atoms with Crippen LogP contribution in [0.15, 0.2) is 29.5 Å². The minimum absolute atomic E-state index is 0.0906. The number of carbonyl (C=O) groups excluding carboxylic acids is 2. The molecule has 0 fully saturated rings. The minimum atomic E-state index is -0.709. The first-order valence-corrected chi connectivity index (χ1v) is 9.18. The van der Waals surface area contributed by atoms with Crippen molar-refractivity contribution in [2.45, 2.75) is 58.2 Å². The first-order chi connectivity index (χ1) is 12.6. The number of fused-ring (bicyclic) bond motifs is 3. The fourth-order valence-electron chi connectivity index (χ4n) is 3.67. The summed E-state index contributed by atoms with van der Waals surface area (Å²) in [4.78, 5) is 25.5. The normalized spacial score (nSPS) is 21.7. The van der Waals surface area contributed by atoms with Gasteiger partial charge in [0.2, 0.25) is 5.78 Å². The monoisotopic (exact) mass is 370 g/mol. The number of ether oxygens (including phenoxy) is 2. The molecule has 0 spiro atoms. The van der Waals surface area contributed by atoms with Gasteiger partial charge in [-0.2, -0.15) is 0 Å². The summed E-state index contributed by atoms with van der Waals surface area (Å²) < 4.78 is 11.4. The zero-order chi connectivity index (χ0) is 20.0. The van der Waals surface area contributed by atoms with Gasteiger partial charge in [-0.3, -0.25) is 9.59 Å². The molecule has 1 N–H and O–H groups in total. The van der Waals surface area contributed by atoms with Crippen molar-refractivity contribution in [2.24, 2.45) is 0 Å². The van der Waals surface area contributed by atoms with E-state index in [4.69, 9.17) is 9.47 Å². The Labute approximate surface area is 159 Å². The van der Waals surface area contributed by atoms with E-state index in [0.717, 1.165) is 12.8 Å². The molecule has 1 heterocycles. The van der Waals surface area contributed by atoms with E-state index in [9.17, 15) is 14.7 Å². The lowest BCUT2D eigenvalue weighted by Crippen LogP contribution is -2.34. The Morgan fingerprint density at radius 2 is 1.93 bits per heavy atom. The summed E-state index contributed by atoms with van der Waals surface area (Å²) in [5.74, 6) is 0.183. The number of rotatable bonds is 5. The third kappa shape index (κ3) is 3.56. The Kier molecular flexibility index (Phi) is 4.76. The van der Waals surface area contributed by atoms with E-state index in [2.05, 4.69) is 0 Å². The Morgan fingerprint density at radius 1 is 1.22 bits per heavy atom. The van der Waals surface area contributed by atoms with Crippen LogP contribution in [0.1, 0.15) is 73.2 Å². The van der Waals surface area contributed by atoms with Crippen LogP contribution in [-0.4, -0.2) is 35.0 Å². The number of Topliss-reactive ketones (excluding diaryl/α,β-unsaturated/α-hetero) is 2. The average Bonchev–Trinajstić information content (AvgIpc) is 2.58. The van der Waals surface area contributed by atoms with Crippen molar-refractivity contribution < 1.29 is 24.2 Å². The van der Waals surface area contributed by atoms with Crippen LogP contribution in [-0.2, 0) is 4.74 Å². The first kappa shape index (κ1) is 19.4. The first-order valence-electron chi connectivity index (χ1n) is 9.18. The summed E-state index contributed by atoms with van der Waals surface area (Å²) in [6, 6.07) is 3.41. The number of hydrogen-bond acceptors (Lipinski definition) is 5. The van der Waals surface area contributed by atoms with Crippen molar-refractivity contribution in [3.05, 3.63) is 46.2 Å². The quantitative estimate of drug-likeness (QED) is 0.845. The molecule has 1 unspecified atom stereocenters. The van der Waals surface area contributed by atoms with E-state index in [1.807, 2.05) is 19.1 Å². The Balaban J connectivity index is 1.93. The van der Waals surface area contributed by atoms with E-state index in [1.54, 1.807) is 32.9 Å². The maximum absolute atomic E-state index is 12.9. The third-order valence-electron chi connectivity index (χ3n) is 5.18. The van der Waals surface area contributed by atoms with Crippen molar-refractivity contribution in [1.82, 2.24) is 0 Å². The van der Waals surface area contributed by atoms with Crippen LogP contribution < -0.4 is 4.74 Å². The Hall–Kier alpha value is -2.40. The minimum Gasteiger partial charge on any atom is -0.492 e. The standard InChI is InChI=1S/C22H26O5/c1-13-18(23)15-7-8-16-14(17(15)19(24)20(13)26-5)9-12-22(4,27-16)11-6-10-21(2,3)25/h7-9,12,25H,6,10-11H2,1-5H3. The Bertz CT molecular complexity index is 869. The molecule has 1 aromatic carbocycles. The smallest absolute Gasteiger partial charge is 0.229 e. The fraction of sp³-hybridized carbons (Fsp3) is 0.455. The number of ketones is 2. The van der Waals surface area contributed by atoms with E-state index >= 15 is 0 Å². The van der Waals surface area contributed by atoms with Gasteiger partial charge in [-0.05, 0) is 65.2 Å². The van der Waals surface area contributed by atoms with Crippen molar-refractivity contribution >= 4 is 17.6 Å². The summed E-state index contributed by atoms with van der Waals surface area (Å²) in [6.45, 7) is 7.17. The second-order valence-electron chi connectivity index (χ2n) is 8.13. The molecular formula is C22H26O5. The number of benzene rings is 1. The highest BCUT2D eigenvalue weighted by atomic mass is 16.5. The lowest BCUT2D eigenvalue weighted by Gasteiger charge is -2.34. The maximum Gasteiger partial charge on any atom is 0.229 e. The van der Waals surface area contributed by atoms with Gasteiger partial charge in [0.25, 0.3) is 0 Å². The van der Waals surface area contributed by atoms with Crippen molar-refractivity contribution in [3.8, 4) is 5.75 Å². The maximum atomic E-state index is 12.9. The van der Waals surface area contributed by atoms with E-state index in [0.29, 0.717) is 34.4 Å². The van der Waals surface area contributed by atoms with Crippen LogP contribution in [0.2, 0.25) is 0 Å². The predicted octanol–water partition coefficient (Wildman–Crippen LogP) is 4.09. The largest absolute Gasteiger partial charge is 0.492 e. The molecule has 1 aliphatic heterocycles. The average molecular weight is 370 g/mol. The van der Waals surface area contributed by atoms with Gasteiger partial charge in [0.1, 0.15) is 11.4 Å². The highest BCUT2D eigenvalue weighted by Crippen LogP contribution is 2.40. The molecule has 0 amide bonds. The van der Waals surface area contributed by atoms with Gasteiger partial charge < -0.3 is 14.6 Å². The number of carbonyl (C=O) groups is 2. The second-order valence-corrected chi connectivity index (χ2v) is 8.13. The molecule has 1 atom stereocenters. The van der Waals surface area contributed by atoms with Gasteiger partial charge in [0.15, 0.2) is 11.5 Å². The van der Waals surface area contributed by atoms with Crippen LogP contribution in [0, 0.1) is 0 Å². The molecule has 144 valence electrons. The molecule has 27 heavy (non-hydrogen) atoms. The molecular weight excluding hydrogens is 344 g/mol. The van der Waals surface area contributed by atoms with Crippen LogP contribution >= 0.6 is 0 Å². The van der Waals surface area contributed by atoms with Crippen LogP contribution in [0.25, 0.3) is 6.08 Å². The number of aliphatic hydroxyl groups is 1. The van der Waals surface area contributed by atoms with E-state index < -0.39 is 11.2 Å². The van der Waals surface area contributed by atoms with Crippen LogP contribution in [0.3, 0.4) is 0 Å². The lowest BCUT2D eigenvalue weighted by molar-refractivity contribution is 0.0575. The van der Waals surface area contributed by atoms with Gasteiger partial charge in [-0.25, -0.2) is 0 Å². The predicted molar refractivity (Wildman–Crippen MR) is 103 cm³/mol. The van der Waals surface area contributed by atoms with Crippen molar-refractivity contribution in [2.75, 3.05) is 7.11 Å². The molecule has 0 saturated heterocycles. The number of allylic oxidation sites excluding steroid dienone is 2. The summed E-state index contributed by atoms with van der Waals surface area (Å²) in [7, 11) is 1.40. The lowest BCUT2D eigenvalue weighted by atomic mass is 9.83. The summed E-state index contributed by atoms with van der Waals surface area (Å²) in [5.41, 5.74) is 0.439. The van der Waals surface area contributed by atoms with Gasteiger partial charge in [-0.15, -0.1) is 0 Å². The van der Waals surface area contributed by atoms with Gasteiger partial charge in [-0.1, -0.05) is 6.08 Å². The number of methoxy groups -OCH3 is 1. The molecule has 5 nitrogen and oxygen atoms in total. The molecule has 0 saturated carbocycles. The third-order valence-corrected chi connectivity index (χ3v) is 5.18. The molecule has 3 rings (SSSR count). The van der Waals surface area contributed by atoms with Crippen molar-refractivity contribution in [3.63, 3.8) is 0 Å². The molecule has 0 bridgehead atoms. The molecule has 2 aliphatic rings. The zero-order valence-electron chi connectivity index (χ0n) is 16.5. The molecule has 1 aromatic rings. The highest BCUT2D eigenvalue weighted by molar-refractivity contribution is 6.27. The summed E-state index contributed by atoms with van der Waals surface area (Å²) >= 11 is 0. The van der Waals surface area contributed by atoms with Gasteiger partial charge in [0.05, 0.1) is 12.7 Å². The number of hydrogen-bond donors (Lipinski definition) is 1. The highest BCUT2D eigenvalue weighted by Gasteiger charge is 2.36. The molecule has 0 aromatic heterocycles. The zero-order valence-corrected chi connectivity index (χ0v) is 16.5. The van der Waals surface area contributed by atoms with Gasteiger partial charge >= 0.3 is 0 Å². The fourth-order valence-corrected chi connectivity index (χ4v) is 3.67. The van der Waals surface area contributed by atoms with E-state index in [-0.39, 0.29) is 17.3 Å². The van der Waals surface area contributed by atoms with E-state index in [1.165, 1.54) is 7.11 Å². The topological polar surface area (TPSA) is 72.8 Å².